The van der Waals surface area contributed by atoms with E-state index in [0.717, 1.165) is 26.2 Å². The minimum absolute atomic E-state index is 0.0384. The Morgan fingerprint density at radius 3 is 2.82 bits per heavy atom. The Labute approximate surface area is 105 Å². The van der Waals surface area contributed by atoms with Crippen molar-refractivity contribution < 1.29 is 9.53 Å². The van der Waals surface area contributed by atoms with Gasteiger partial charge in [0.2, 0.25) is 0 Å². The number of likely N-dealkylation sites (N-methyl/N-ethyl adjacent to an activating group) is 1. The normalized spacial score (nSPS) is 22.5. The molecule has 0 aromatic rings. The van der Waals surface area contributed by atoms with E-state index in [1.165, 1.54) is 26.4 Å². The van der Waals surface area contributed by atoms with Crippen LogP contribution in [-0.2, 0) is 9.53 Å². The molecule has 0 spiro atoms. The van der Waals surface area contributed by atoms with E-state index in [4.69, 9.17) is 4.74 Å². The van der Waals surface area contributed by atoms with Crippen molar-refractivity contribution in [3.05, 3.63) is 0 Å². The molecular weight excluding hydrogens is 216 g/mol. The maximum atomic E-state index is 11.4. The van der Waals surface area contributed by atoms with Crippen molar-refractivity contribution in [2.45, 2.75) is 39.2 Å². The van der Waals surface area contributed by atoms with Gasteiger partial charge in [-0.05, 0) is 25.9 Å². The highest BCUT2D eigenvalue weighted by Gasteiger charge is 2.20. The van der Waals surface area contributed by atoms with Crippen LogP contribution >= 0.6 is 0 Å². The number of carbonyl (C=O) groups excluding carboxylic acids is 1. The molecule has 0 aliphatic carbocycles. The van der Waals surface area contributed by atoms with E-state index in [0.29, 0.717) is 6.04 Å². The molecule has 0 saturated carbocycles. The summed E-state index contributed by atoms with van der Waals surface area (Å²) in [6.07, 6.45) is 3.87. The number of hydrogen-bond acceptors (Lipinski definition) is 4. The van der Waals surface area contributed by atoms with Gasteiger partial charge in [-0.3, -0.25) is 4.79 Å². The molecule has 0 amide bonds. The molecule has 1 fully saturated rings. The molecule has 1 saturated heterocycles. The first kappa shape index (κ1) is 14.5. The molecule has 100 valence electrons. The minimum Gasteiger partial charge on any atom is -0.469 e. The summed E-state index contributed by atoms with van der Waals surface area (Å²) in [4.78, 5) is 13.7. The third kappa shape index (κ3) is 5.04. The molecule has 17 heavy (non-hydrogen) atoms. The zero-order chi connectivity index (χ0) is 12.7. The minimum atomic E-state index is -0.111. The van der Waals surface area contributed by atoms with E-state index in [-0.39, 0.29) is 11.9 Å². The lowest BCUT2D eigenvalue weighted by Crippen LogP contribution is -2.45. The van der Waals surface area contributed by atoms with Gasteiger partial charge in [0.25, 0.3) is 0 Å². The van der Waals surface area contributed by atoms with E-state index >= 15 is 0 Å². The Bertz CT molecular complexity index is 227. The van der Waals surface area contributed by atoms with Gasteiger partial charge in [-0.15, -0.1) is 0 Å². The van der Waals surface area contributed by atoms with Crippen LogP contribution in [0.1, 0.15) is 33.1 Å². The molecule has 1 aliphatic rings. The predicted molar refractivity (Wildman–Crippen MR) is 68.9 cm³/mol. The zero-order valence-corrected chi connectivity index (χ0v) is 11.4. The maximum absolute atomic E-state index is 11.4. The fourth-order valence-electron chi connectivity index (χ4n) is 2.39. The Kier molecular flexibility index (Phi) is 6.52. The van der Waals surface area contributed by atoms with E-state index in [2.05, 4.69) is 17.1 Å². The standard InChI is InChI=1S/C13H26N2O2/c1-4-15(9-11(2)13(16)17-3)10-12-7-5-6-8-14-12/h11-12,14H,4-10H2,1-3H3. The quantitative estimate of drug-likeness (QED) is 0.712. The van der Waals surface area contributed by atoms with Gasteiger partial charge in [-0.25, -0.2) is 0 Å². The van der Waals surface area contributed by atoms with Crippen LogP contribution in [0.4, 0.5) is 0 Å². The van der Waals surface area contributed by atoms with Crippen molar-refractivity contribution in [2.24, 2.45) is 5.92 Å². The SMILES string of the molecule is CCN(CC1CCCCN1)CC(C)C(=O)OC. The summed E-state index contributed by atoms with van der Waals surface area (Å²) < 4.78 is 4.77. The highest BCUT2D eigenvalue weighted by Crippen LogP contribution is 2.10. The van der Waals surface area contributed by atoms with Crippen molar-refractivity contribution in [1.29, 1.82) is 0 Å². The number of piperidine rings is 1. The van der Waals surface area contributed by atoms with Crippen molar-refractivity contribution in [3.8, 4) is 0 Å². The average Bonchev–Trinajstić information content (AvgIpc) is 2.38. The molecule has 1 N–H and O–H groups in total. The molecule has 4 heteroatoms. The lowest BCUT2D eigenvalue weighted by Gasteiger charge is -2.30. The molecular formula is C13H26N2O2. The van der Waals surface area contributed by atoms with Crippen LogP contribution in [0.25, 0.3) is 0 Å². The fourth-order valence-corrected chi connectivity index (χ4v) is 2.39. The Morgan fingerprint density at radius 2 is 2.29 bits per heavy atom. The highest BCUT2D eigenvalue weighted by molar-refractivity contribution is 5.72. The van der Waals surface area contributed by atoms with Gasteiger partial charge in [-0.2, -0.15) is 0 Å². The summed E-state index contributed by atoms with van der Waals surface area (Å²) in [5.41, 5.74) is 0. The molecule has 0 radical (unpaired) electrons. The van der Waals surface area contributed by atoms with Crippen LogP contribution in [0.3, 0.4) is 0 Å². The molecule has 0 aromatic carbocycles. The van der Waals surface area contributed by atoms with Crippen LogP contribution in [0.5, 0.6) is 0 Å². The third-order valence-corrected chi connectivity index (χ3v) is 3.47. The van der Waals surface area contributed by atoms with Gasteiger partial charge < -0.3 is 15.0 Å². The van der Waals surface area contributed by atoms with Crippen LogP contribution in [0, 0.1) is 5.92 Å². The smallest absolute Gasteiger partial charge is 0.309 e. The fraction of sp³-hybridized carbons (Fsp3) is 0.923. The summed E-state index contributed by atoms with van der Waals surface area (Å²) in [5, 5.41) is 3.54. The van der Waals surface area contributed by atoms with Gasteiger partial charge in [0.1, 0.15) is 0 Å². The van der Waals surface area contributed by atoms with E-state index in [9.17, 15) is 4.79 Å². The molecule has 4 nitrogen and oxygen atoms in total. The number of nitrogens with one attached hydrogen (secondary N) is 1. The predicted octanol–water partition coefficient (Wildman–Crippen LogP) is 1.26. The van der Waals surface area contributed by atoms with Crippen LogP contribution in [0.2, 0.25) is 0 Å². The molecule has 1 heterocycles. The second-order valence-electron chi connectivity index (χ2n) is 4.92. The van der Waals surface area contributed by atoms with Crippen molar-refractivity contribution in [1.82, 2.24) is 10.2 Å². The number of rotatable bonds is 6. The summed E-state index contributed by atoms with van der Waals surface area (Å²) in [7, 11) is 1.46. The highest BCUT2D eigenvalue weighted by atomic mass is 16.5. The van der Waals surface area contributed by atoms with Gasteiger partial charge >= 0.3 is 5.97 Å². The van der Waals surface area contributed by atoms with Crippen LogP contribution in [0.15, 0.2) is 0 Å². The molecule has 0 bridgehead atoms. The van der Waals surface area contributed by atoms with Gasteiger partial charge in [0, 0.05) is 19.1 Å². The first-order valence-corrected chi connectivity index (χ1v) is 6.71. The first-order valence-electron chi connectivity index (χ1n) is 6.71. The number of carbonyl (C=O) groups is 1. The average molecular weight is 242 g/mol. The molecule has 0 aromatic heterocycles. The summed E-state index contributed by atoms with van der Waals surface area (Å²) >= 11 is 0. The Morgan fingerprint density at radius 1 is 1.53 bits per heavy atom. The van der Waals surface area contributed by atoms with Crippen molar-refractivity contribution >= 4 is 5.97 Å². The monoisotopic (exact) mass is 242 g/mol. The number of esters is 1. The number of nitrogens with zero attached hydrogens (tertiary/aromatic N) is 1. The lowest BCUT2D eigenvalue weighted by molar-refractivity contribution is -0.145. The Balaban J connectivity index is 2.34. The molecule has 2 atom stereocenters. The third-order valence-electron chi connectivity index (χ3n) is 3.47. The lowest BCUT2D eigenvalue weighted by atomic mass is 10.0. The van der Waals surface area contributed by atoms with Crippen molar-refractivity contribution in [3.63, 3.8) is 0 Å². The second kappa shape index (κ2) is 7.67. The van der Waals surface area contributed by atoms with E-state index in [1.54, 1.807) is 0 Å². The largest absolute Gasteiger partial charge is 0.469 e. The summed E-state index contributed by atoms with van der Waals surface area (Å²) in [6.45, 7) is 8.03. The second-order valence-corrected chi connectivity index (χ2v) is 4.92. The van der Waals surface area contributed by atoms with Gasteiger partial charge in [-0.1, -0.05) is 20.3 Å². The van der Waals surface area contributed by atoms with Crippen molar-refractivity contribution in [2.75, 3.05) is 33.3 Å². The number of hydrogen-bond donors (Lipinski definition) is 1. The first-order chi connectivity index (χ1) is 8.17. The Hall–Kier alpha value is -0.610. The van der Waals surface area contributed by atoms with E-state index in [1.807, 2.05) is 6.92 Å². The zero-order valence-electron chi connectivity index (χ0n) is 11.4. The summed E-state index contributed by atoms with van der Waals surface area (Å²) in [6, 6.07) is 0.591. The molecule has 1 aliphatic heterocycles. The molecule has 2 unspecified atom stereocenters. The van der Waals surface area contributed by atoms with Crippen LogP contribution in [-0.4, -0.2) is 50.2 Å². The van der Waals surface area contributed by atoms with Crippen LogP contribution < -0.4 is 5.32 Å². The van der Waals surface area contributed by atoms with Gasteiger partial charge in [0.15, 0.2) is 0 Å². The maximum Gasteiger partial charge on any atom is 0.309 e. The number of methoxy groups -OCH3 is 1. The molecule has 1 rings (SSSR count). The van der Waals surface area contributed by atoms with E-state index < -0.39 is 0 Å². The topological polar surface area (TPSA) is 41.6 Å². The van der Waals surface area contributed by atoms with Gasteiger partial charge in [0.05, 0.1) is 13.0 Å². The summed E-state index contributed by atoms with van der Waals surface area (Å²) in [5.74, 6) is -0.149. The number of ether oxygens (including phenoxy) is 1.